The summed E-state index contributed by atoms with van der Waals surface area (Å²) in [5.41, 5.74) is 1.08. The summed E-state index contributed by atoms with van der Waals surface area (Å²) in [6.45, 7) is 1.08. The molecule has 0 atom stereocenters. The van der Waals surface area contributed by atoms with E-state index in [4.69, 9.17) is 0 Å². The van der Waals surface area contributed by atoms with Crippen LogP contribution in [0.15, 0.2) is 67.1 Å². The highest BCUT2D eigenvalue weighted by atomic mass is 19.1. The fourth-order valence-electron chi connectivity index (χ4n) is 3.78. The summed E-state index contributed by atoms with van der Waals surface area (Å²) < 4.78 is 14.3. The summed E-state index contributed by atoms with van der Waals surface area (Å²) >= 11 is 0. The second kappa shape index (κ2) is 8.29. The molecule has 1 N–H and O–H groups in total. The summed E-state index contributed by atoms with van der Waals surface area (Å²) in [4.78, 5) is 23.4. The number of hydrogen-bond donors (Lipinski definition) is 1. The van der Waals surface area contributed by atoms with Crippen LogP contribution in [0, 0.1) is 22.6 Å². The predicted octanol–water partition coefficient (Wildman–Crippen LogP) is 2.85. The Morgan fingerprint density at radius 2 is 1.90 bits per heavy atom. The minimum absolute atomic E-state index is 0.145. The predicted molar refractivity (Wildman–Crippen MR) is 110 cm³/mol. The number of nitrogens with one attached hydrogen (secondary N) is 1. The highest BCUT2D eigenvalue weighted by Gasteiger charge is 2.50. The van der Waals surface area contributed by atoms with Crippen LogP contribution >= 0.6 is 0 Å². The monoisotopic (exact) mass is 401 g/mol. The molecule has 30 heavy (non-hydrogen) atoms. The van der Waals surface area contributed by atoms with E-state index in [0.29, 0.717) is 36.6 Å². The van der Waals surface area contributed by atoms with Gasteiger partial charge in [0.15, 0.2) is 0 Å². The van der Waals surface area contributed by atoms with Crippen LogP contribution in [-0.4, -0.2) is 29.0 Å². The molecule has 0 unspecified atom stereocenters. The molecule has 0 bridgehead atoms. The standard InChI is InChI=1S/C23H20FN5O/c24-20-6-2-1-4-18(20)12-23(22(30)28-14-17-7-10-26-11-8-17)15-29(16-23)21-19(13-25)5-3-9-27-21/h1-11H,12,14-16H2,(H,28,30). The van der Waals surface area contributed by atoms with Crippen molar-refractivity contribution >= 4 is 11.7 Å². The molecule has 1 aromatic carbocycles. The van der Waals surface area contributed by atoms with Crippen LogP contribution in [-0.2, 0) is 17.8 Å². The number of amides is 1. The number of benzene rings is 1. The Labute approximate surface area is 174 Å². The first-order valence-electron chi connectivity index (χ1n) is 9.62. The van der Waals surface area contributed by atoms with Gasteiger partial charge in [-0.1, -0.05) is 18.2 Å². The van der Waals surface area contributed by atoms with E-state index in [9.17, 15) is 14.4 Å². The molecule has 0 aliphatic carbocycles. The number of carbonyl (C=O) groups is 1. The maximum absolute atomic E-state index is 14.3. The molecule has 1 aliphatic rings. The Balaban J connectivity index is 1.56. The van der Waals surface area contributed by atoms with E-state index >= 15 is 0 Å². The first-order chi connectivity index (χ1) is 14.6. The molecule has 0 saturated carbocycles. The zero-order valence-corrected chi connectivity index (χ0v) is 16.3. The van der Waals surface area contributed by atoms with Crippen molar-refractivity contribution in [1.82, 2.24) is 15.3 Å². The van der Waals surface area contributed by atoms with Gasteiger partial charge in [-0.3, -0.25) is 9.78 Å². The van der Waals surface area contributed by atoms with Gasteiger partial charge in [0.2, 0.25) is 5.91 Å². The second-order valence-corrected chi connectivity index (χ2v) is 7.43. The third-order valence-electron chi connectivity index (χ3n) is 5.36. The van der Waals surface area contributed by atoms with Crippen molar-refractivity contribution < 1.29 is 9.18 Å². The number of pyridine rings is 2. The van der Waals surface area contributed by atoms with Crippen molar-refractivity contribution in [3.8, 4) is 6.07 Å². The largest absolute Gasteiger partial charge is 0.353 e. The summed E-state index contributed by atoms with van der Waals surface area (Å²) in [6.07, 6.45) is 5.24. The van der Waals surface area contributed by atoms with E-state index in [-0.39, 0.29) is 18.1 Å². The summed E-state index contributed by atoms with van der Waals surface area (Å²) in [5.74, 6) is 0.0761. The van der Waals surface area contributed by atoms with Crippen LogP contribution in [0.4, 0.5) is 10.2 Å². The fraction of sp³-hybridized carbons (Fsp3) is 0.217. The molecule has 1 amide bonds. The third-order valence-corrected chi connectivity index (χ3v) is 5.36. The second-order valence-electron chi connectivity index (χ2n) is 7.43. The molecule has 3 aromatic rings. The Bertz CT molecular complexity index is 1090. The van der Waals surface area contributed by atoms with E-state index in [1.54, 1.807) is 48.9 Å². The van der Waals surface area contributed by atoms with E-state index in [1.165, 1.54) is 6.07 Å². The average Bonchev–Trinajstić information content (AvgIpc) is 2.76. The van der Waals surface area contributed by atoms with Crippen LogP contribution in [0.25, 0.3) is 0 Å². The number of aromatic nitrogens is 2. The molecule has 2 aromatic heterocycles. The van der Waals surface area contributed by atoms with Crippen LogP contribution in [0.1, 0.15) is 16.7 Å². The smallest absolute Gasteiger partial charge is 0.230 e. The van der Waals surface area contributed by atoms with Gasteiger partial charge in [0.25, 0.3) is 0 Å². The zero-order valence-electron chi connectivity index (χ0n) is 16.3. The summed E-state index contributed by atoms with van der Waals surface area (Å²) in [7, 11) is 0. The number of anilines is 1. The van der Waals surface area contributed by atoms with Gasteiger partial charge in [0, 0.05) is 38.2 Å². The normalized spacial score (nSPS) is 14.5. The van der Waals surface area contributed by atoms with Crippen molar-refractivity contribution in [2.24, 2.45) is 5.41 Å². The lowest BCUT2D eigenvalue weighted by atomic mass is 9.73. The van der Waals surface area contributed by atoms with Crippen LogP contribution < -0.4 is 10.2 Å². The lowest BCUT2D eigenvalue weighted by molar-refractivity contribution is -0.132. The van der Waals surface area contributed by atoms with Crippen molar-refractivity contribution in [3.05, 3.63) is 89.6 Å². The first-order valence-corrected chi connectivity index (χ1v) is 9.62. The molecule has 7 heteroatoms. The van der Waals surface area contributed by atoms with E-state index < -0.39 is 5.41 Å². The van der Waals surface area contributed by atoms with Crippen molar-refractivity contribution in [2.75, 3.05) is 18.0 Å². The Morgan fingerprint density at radius 3 is 2.63 bits per heavy atom. The maximum Gasteiger partial charge on any atom is 0.230 e. The van der Waals surface area contributed by atoms with Crippen LogP contribution in [0.2, 0.25) is 0 Å². The minimum Gasteiger partial charge on any atom is -0.353 e. The molecular weight excluding hydrogens is 381 g/mol. The van der Waals surface area contributed by atoms with E-state index in [2.05, 4.69) is 21.4 Å². The molecular formula is C23H20FN5O. The lowest BCUT2D eigenvalue weighted by Gasteiger charge is -2.49. The zero-order chi connectivity index (χ0) is 21.0. The highest BCUT2D eigenvalue weighted by Crippen LogP contribution is 2.38. The van der Waals surface area contributed by atoms with Gasteiger partial charge in [-0.25, -0.2) is 9.37 Å². The lowest BCUT2D eigenvalue weighted by Crippen LogP contribution is -2.64. The van der Waals surface area contributed by atoms with Gasteiger partial charge in [-0.15, -0.1) is 0 Å². The van der Waals surface area contributed by atoms with E-state index in [1.807, 2.05) is 17.0 Å². The average molecular weight is 401 g/mol. The van der Waals surface area contributed by atoms with Gasteiger partial charge < -0.3 is 10.2 Å². The minimum atomic E-state index is -0.806. The quantitative estimate of drug-likeness (QED) is 0.687. The highest BCUT2D eigenvalue weighted by molar-refractivity contribution is 5.86. The first kappa shape index (κ1) is 19.5. The van der Waals surface area contributed by atoms with Crippen molar-refractivity contribution in [2.45, 2.75) is 13.0 Å². The van der Waals surface area contributed by atoms with E-state index in [0.717, 1.165) is 5.56 Å². The molecule has 150 valence electrons. The summed E-state index contributed by atoms with van der Waals surface area (Å²) in [5, 5.41) is 12.3. The number of hydrogen-bond acceptors (Lipinski definition) is 5. The fourth-order valence-corrected chi connectivity index (χ4v) is 3.78. The van der Waals surface area contributed by atoms with Crippen LogP contribution in [0.5, 0.6) is 0 Å². The molecule has 0 radical (unpaired) electrons. The summed E-state index contributed by atoms with van der Waals surface area (Å²) in [6, 6.07) is 15.7. The molecule has 1 fully saturated rings. The Kier molecular flexibility index (Phi) is 5.40. The third kappa shape index (κ3) is 3.85. The maximum atomic E-state index is 14.3. The van der Waals surface area contributed by atoms with Crippen molar-refractivity contribution in [3.63, 3.8) is 0 Å². The molecule has 1 aliphatic heterocycles. The molecule has 3 heterocycles. The number of halogens is 1. The number of rotatable bonds is 6. The molecule has 4 rings (SSSR count). The topological polar surface area (TPSA) is 81.9 Å². The number of carbonyl (C=O) groups excluding carboxylic acids is 1. The van der Waals surface area contributed by atoms with Gasteiger partial charge in [-0.05, 0) is 47.9 Å². The van der Waals surface area contributed by atoms with Crippen molar-refractivity contribution in [1.29, 1.82) is 5.26 Å². The molecule has 1 saturated heterocycles. The molecule has 0 spiro atoms. The SMILES string of the molecule is N#Cc1cccnc1N1CC(Cc2ccccc2F)(C(=O)NCc2ccncc2)C1. The van der Waals surface area contributed by atoms with Gasteiger partial charge in [0.05, 0.1) is 11.0 Å². The van der Waals surface area contributed by atoms with Gasteiger partial charge in [0.1, 0.15) is 17.7 Å². The number of nitrogens with zero attached hydrogens (tertiary/aromatic N) is 4. The Hall–Kier alpha value is -3.79. The Morgan fingerprint density at radius 1 is 1.13 bits per heavy atom. The van der Waals surface area contributed by atoms with Crippen LogP contribution in [0.3, 0.4) is 0 Å². The van der Waals surface area contributed by atoms with Gasteiger partial charge in [-0.2, -0.15) is 5.26 Å². The van der Waals surface area contributed by atoms with Gasteiger partial charge >= 0.3 is 0 Å². The number of nitriles is 1. The molecule has 6 nitrogen and oxygen atoms in total.